The van der Waals surface area contributed by atoms with Gasteiger partial charge in [-0.25, -0.2) is 8.42 Å². The Bertz CT molecular complexity index is 638. The fraction of sp³-hybridized carbons (Fsp3) is 0.231. The number of benzene rings is 1. The number of thiophene rings is 1. The molecule has 0 fully saturated rings. The van der Waals surface area contributed by atoms with Gasteiger partial charge in [-0.1, -0.05) is 42.8 Å². The Balaban J connectivity index is 2.29. The molecule has 0 atom stereocenters. The van der Waals surface area contributed by atoms with E-state index >= 15 is 0 Å². The minimum Gasteiger partial charge on any atom is -0.206 e. The molecule has 1 aromatic carbocycles. The molecule has 2 aromatic rings. The van der Waals surface area contributed by atoms with Crippen molar-refractivity contribution in [1.29, 1.82) is 0 Å². The molecule has 0 aliphatic heterocycles. The maximum Gasteiger partial charge on any atom is 0.252 e. The second-order valence-electron chi connectivity index (χ2n) is 3.95. The first-order valence-corrected chi connectivity index (χ1v) is 8.52. The molecule has 1 aromatic heterocycles. The number of rotatable bonds is 5. The van der Waals surface area contributed by atoms with E-state index in [-0.39, 0.29) is 6.54 Å². The lowest BCUT2D eigenvalue weighted by atomic mass is 10.2. The largest absolute Gasteiger partial charge is 0.252 e. The van der Waals surface area contributed by atoms with Gasteiger partial charge in [0.2, 0.25) is 0 Å². The normalized spacial score (nSPS) is 11.9. The van der Waals surface area contributed by atoms with Crippen LogP contribution in [0.2, 0.25) is 5.02 Å². The summed E-state index contributed by atoms with van der Waals surface area (Å²) in [6.07, 6.45) is 0. The van der Waals surface area contributed by atoms with Crippen LogP contribution < -0.4 is 0 Å². The molecule has 0 N–H and O–H groups in total. The van der Waals surface area contributed by atoms with Gasteiger partial charge in [-0.2, -0.15) is 4.31 Å². The summed E-state index contributed by atoms with van der Waals surface area (Å²) in [5, 5.41) is 2.35. The van der Waals surface area contributed by atoms with Crippen molar-refractivity contribution >= 4 is 33.0 Å². The van der Waals surface area contributed by atoms with Crippen LogP contribution in [0.5, 0.6) is 0 Å². The van der Waals surface area contributed by atoms with Crippen molar-refractivity contribution in [2.75, 3.05) is 6.54 Å². The molecule has 0 amide bonds. The second kappa shape index (κ2) is 6.05. The predicted octanol–water partition coefficient (Wildman–Crippen LogP) is 3.61. The van der Waals surface area contributed by atoms with Gasteiger partial charge < -0.3 is 0 Å². The number of nitrogens with zero attached hydrogens (tertiary/aromatic N) is 1. The third-order valence-electron chi connectivity index (χ3n) is 2.75. The molecular formula is C13H14ClNO2S2. The van der Waals surface area contributed by atoms with Crippen LogP contribution in [0.15, 0.2) is 46.0 Å². The highest BCUT2D eigenvalue weighted by Crippen LogP contribution is 2.24. The van der Waals surface area contributed by atoms with E-state index in [9.17, 15) is 8.42 Å². The topological polar surface area (TPSA) is 37.4 Å². The summed E-state index contributed by atoms with van der Waals surface area (Å²) in [6.45, 7) is 2.52. The Kier molecular flexibility index (Phi) is 4.62. The zero-order chi connectivity index (χ0) is 13.9. The predicted molar refractivity (Wildman–Crippen MR) is 79.0 cm³/mol. The van der Waals surface area contributed by atoms with Crippen LogP contribution in [0.1, 0.15) is 12.5 Å². The van der Waals surface area contributed by atoms with E-state index < -0.39 is 10.0 Å². The standard InChI is InChI=1S/C13H14ClNO2S2/c1-2-15(10-11-6-3-4-7-12(11)14)19(16,17)13-8-5-9-18-13/h3-9H,2,10H2,1H3. The molecule has 2 rings (SSSR count). The average molecular weight is 316 g/mol. The molecule has 0 unspecified atom stereocenters. The van der Waals surface area contributed by atoms with Crippen molar-refractivity contribution < 1.29 is 8.42 Å². The van der Waals surface area contributed by atoms with Gasteiger partial charge in [0, 0.05) is 18.1 Å². The maximum absolute atomic E-state index is 12.4. The van der Waals surface area contributed by atoms with Gasteiger partial charge in [-0.05, 0) is 23.1 Å². The van der Waals surface area contributed by atoms with Crippen LogP contribution in [-0.2, 0) is 16.6 Å². The molecule has 0 saturated carbocycles. The molecule has 0 radical (unpaired) electrons. The van der Waals surface area contributed by atoms with Crippen LogP contribution in [0.3, 0.4) is 0 Å². The first-order chi connectivity index (χ1) is 9.05. The van der Waals surface area contributed by atoms with Gasteiger partial charge in [0.05, 0.1) is 0 Å². The first kappa shape index (κ1) is 14.5. The number of sulfonamides is 1. The fourth-order valence-corrected chi connectivity index (χ4v) is 4.49. The number of hydrogen-bond donors (Lipinski definition) is 0. The summed E-state index contributed by atoms with van der Waals surface area (Å²) in [4.78, 5) is 0. The van der Waals surface area contributed by atoms with Gasteiger partial charge in [0.15, 0.2) is 0 Å². The molecule has 1 heterocycles. The number of hydrogen-bond acceptors (Lipinski definition) is 3. The third-order valence-corrected chi connectivity index (χ3v) is 6.41. The quantitative estimate of drug-likeness (QED) is 0.845. The minimum absolute atomic E-state index is 0.288. The summed E-state index contributed by atoms with van der Waals surface area (Å²) in [7, 11) is -3.43. The maximum atomic E-state index is 12.4. The highest BCUT2D eigenvalue weighted by Gasteiger charge is 2.24. The van der Waals surface area contributed by atoms with Gasteiger partial charge in [-0.15, -0.1) is 11.3 Å². The average Bonchev–Trinajstić information content (AvgIpc) is 2.92. The smallest absolute Gasteiger partial charge is 0.206 e. The Morgan fingerprint density at radius 1 is 1.21 bits per heavy atom. The number of halogens is 1. The van der Waals surface area contributed by atoms with Crippen molar-refractivity contribution in [2.45, 2.75) is 17.7 Å². The van der Waals surface area contributed by atoms with Gasteiger partial charge in [0.1, 0.15) is 4.21 Å². The molecule has 0 aliphatic rings. The van der Waals surface area contributed by atoms with Gasteiger partial charge in [-0.3, -0.25) is 0 Å². The molecular weight excluding hydrogens is 302 g/mol. The molecule has 0 bridgehead atoms. The Morgan fingerprint density at radius 3 is 2.53 bits per heavy atom. The lowest BCUT2D eigenvalue weighted by molar-refractivity contribution is 0.425. The third kappa shape index (κ3) is 3.17. The van der Waals surface area contributed by atoms with Crippen molar-refractivity contribution in [2.24, 2.45) is 0 Å². The van der Waals surface area contributed by atoms with E-state index in [1.54, 1.807) is 23.6 Å². The Labute approximate surface area is 122 Å². The molecule has 102 valence electrons. The van der Waals surface area contributed by atoms with E-state index in [0.29, 0.717) is 15.8 Å². The van der Waals surface area contributed by atoms with E-state index in [0.717, 1.165) is 5.56 Å². The monoisotopic (exact) mass is 315 g/mol. The lowest BCUT2D eigenvalue weighted by Crippen LogP contribution is -2.30. The second-order valence-corrected chi connectivity index (χ2v) is 7.47. The summed E-state index contributed by atoms with van der Waals surface area (Å²) in [5.41, 5.74) is 0.811. The van der Waals surface area contributed by atoms with E-state index in [1.807, 2.05) is 25.1 Å². The van der Waals surface area contributed by atoms with E-state index in [1.165, 1.54) is 15.6 Å². The molecule has 0 aliphatic carbocycles. The molecule has 19 heavy (non-hydrogen) atoms. The summed E-state index contributed by atoms with van der Waals surface area (Å²) < 4.78 is 26.7. The van der Waals surface area contributed by atoms with Crippen molar-refractivity contribution in [3.63, 3.8) is 0 Å². The molecule has 0 spiro atoms. The van der Waals surface area contributed by atoms with Crippen LogP contribution in [0, 0.1) is 0 Å². The molecule has 3 nitrogen and oxygen atoms in total. The first-order valence-electron chi connectivity index (χ1n) is 5.82. The SMILES string of the molecule is CCN(Cc1ccccc1Cl)S(=O)(=O)c1cccs1. The minimum atomic E-state index is -3.43. The van der Waals surface area contributed by atoms with E-state index in [4.69, 9.17) is 11.6 Å². The Morgan fingerprint density at radius 2 is 1.95 bits per heavy atom. The zero-order valence-corrected chi connectivity index (χ0v) is 12.8. The molecule has 0 saturated heterocycles. The summed E-state index contributed by atoms with van der Waals surface area (Å²) >= 11 is 7.31. The van der Waals surface area contributed by atoms with Crippen molar-refractivity contribution in [1.82, 2.24) is 4.31 Å². The zero-order valence-electron chi connectivity index (χ0n) is 10.4. The summed E-state index contributed by atoms with van der Waals surface area (Å²) in [5.74, 6) is 0. The fourth-order valence-electron chi connectivity index (χ4n) is 1.72. The van der Waals surface area contributed by atoms with Crippen molar-refractivity contribution in [3.8, 4) is 0 Å². The van der Waals surface area contributed by atoms with Crippen LogP contribution in [0.4, 0.5) is 0 Å². The van der Waals surface area contributed by atoms with Crippen LogP contribution in [-0.4, -0.2) is 19.3 Å². The molecule has 6 heteroatoms. The highest BCUT2D eigenvalue weighted by atomic mass is 35.5. The van der Waals surface area contributed by atoms with E-state index in [2.05, 4.69) is 0 Å². The Hall–Kier alpha value is -0.880. The lowest BCUT2D eigenvalue weighted by Gasteiger charge is -2.20. The van der Waals surface area contributed by atoms with Gasteiger partial charge >= 0.3 is 0 Å². The summed E-state index contributed by atoms with van der Waals surface area (Å²) in [6, 6.07) is 10.6. The van der Waals surface area contributed by atoms with Crippen LogP contribution in [0.25, 0.3) is 0 Å². The van der Waals surface area contributed by atoms with Crippen molar-refractivity contribution in [3.05, 3.63) is 52.4 Å². The highest BCUT2D eigenvalue weighted by molar-refractivity contribution is 7.91. The van der Waals surface area contributed by atoms with Crippen LogP contribution >= 0.6 is 22.9 Å². The van der Waals surface area contributed by atoms with Gasteiger partial charge in [0.25, 0.3) is 10.0 Å².